The minimum Gasteiger partial charge on any atom is -0.322 e. The second-order valence-electron chi connectivity index (χ2n) is 6.32. The van der Waals surface area contributed by atoms with E-state index in [1.54, 1.807) is 6.08 Å². The van der Waals surface area contributed by atoms with Crippen molar-refractivity contribution in [2.45, 2.75) is 26.2 Å². The van der Waals surface area contributed by atoms with Gasteiger partial charge in [0.2, 0.25) is 5.91 Å². The van der Waals surface area contributed by atoms with Gasteiger partial charge in [-0.3, -0.25) is 4.79 Å². The third-order valence-corrected chi connectivity index (χ3v) is 3.39. The summed E-state index contributed by atoms with van der Waals surface area (Å²) in [6.07, 6.45) is 3.02. The van der Waals surface area contributed by atoms with E-state index in [9.17, 15) is 13.6 Å². The molecule has 120 valence electrons. The van der Waals surface area contributed by atoms with Gasteiger partial charge in [-0.1, -0.05) is 45.0 Å². The molecule has 2 aromatic carbocycles. The van der Waals surface area contributed by atoms with Gasteiger partial charge >= 0.3 is 0 Å². The van der Waals surface area contributed by atoms with Crippen molar-refractivity contribution in [3.05, 3.63) is 71.3 Å². The van der Waals surface area contributed by atoms with Crippen LogP contribution in [0, 0.1) is 11.6 Å². The van der Waals surface area contributed by atoms with Gasteiger partial charge in [0.1, 0.15) is 0 Å². The molecular weight excluding hydrogens is 296 g/mol. The van der Waals surface area contributed by atoms with E-state index >= 15 is 0 Å². The van der Waals surface area contributed by atoms with E-state index in [0.717, 1.165) is 17.7 Å². The van der Waals surface area contributed by atoms with E-state index in [4.69, 9.17) is 0 Å². The van der Waals surface area contributed by atoms with Gasteiger partial charge in [-0.15, -0.1) is 0 Å². The average Bonchev–Trinajstić information content (AvgIpc) is 2.48. The third-order valence-electron chi connectivity index (χ3n) is 3.39. The summed E-state index contributed by atoms with van der Waals surface area (Å²) in [7, 11) is 0. The lowest BCUT2D eigenvalue weighted by atomic mass is 9.87. The molecule has 23 heavy (non-hydrogen) atoms. The van der Waals surface area contributed by atoms with Gasteiger partial charge in [-0.25, -0.2) is 8.78 Å². The van der Waals surface area contributed by atoms with Gasteiger partial charge in [-0.05, 0) is 34.8 Å². The molecule has 1 N–H and O–H groups in total. The van der Waals surface area contributed by atoms with Crippen LogP contribution in [0.25, 0.3) is 6.08 Å². The summed E-state index contributed by atoms with van der Waals surface area (Å²) in [5.74, 6) is -2.35. The fourth-order valence-corrected chi connectivity index (χ4v) is 2.02. The third kappa shape index (κ3) is 4.74. The predicted molar refractivity (Wildman–Crippen MR) is 89.2 cm³/mol. The standard InChI is InChI=1S/C19H19F2NO/c1-19(2,3)14-7-4-13(5-8-14)6-11-18(23)22-15-9-10-16(20)17(21)12-15/h4-12H,1-3H3,(H,22,23). The van der Waals surface area contributed by atoms with Crippen molar-refractivity contribution in [2.75, 3.05) is 5.32 Å². The van der Waals surface area contributed by atoms with Gasteiger partial charge in [0, 0.05) is 17.8 Å². The Labute approximate surface area is 134 Å². The maximum atomic E-state index is 13.1. The summed E-state index contributed by atoms with van der Waals surface area (Å²) in [5.41, 5.74) is 2.38. The van der Waals surface area contributed by atoms with Crippen LogP contribution in [0.5, 0.6) is 0 Å². The van der Waals surface area contributed by atoms with Crippen LogP contribution in [0.3, 0.4) is 0 Å². The molecule has 0 aliphatic carbocycles. The number of halogens is 2. The molecule has 0 aliphatic heterocycles. The minimum atomic E-state index is -0.996. The summed E-state index contributed by atoms with van der Waals surface area (Å²) in [6, 6.07) is 11.1. The highest BCUT2D eigenvalue weighted by atomic mass is 19.2. The first-order valence-corrected chi connectivity index (χ1v) is 7.30. The number of benzene rings is 2. The van der Waals surface area contributed by atoms with E-state index in [1.165, 1.54) is 17.7 Å². The molecule has 0 fully saturated rings. The number of carbonyl (C=O) groups is 1. The number of amides is 1. The molecule has 2 rings (SSSR count). The van der Waals surface area contributed by atoms with Crippen LogP contribution in [0.2, 0.25) is 0 Å². The molecule has 1 amide bonds. The molecule has 0 spiro atoms. The first-order valence-electron chi connectivity index (χ1n) is 7.30. The lowest BCUT2D eigenvalue weighted by molar-refractivity contribution is -0.111. The summed E-state index contributed by atoms with van der Waals surface area (Å²) in [4.78, 5) is 11.8. The number of carbonyl (C=O) groups excluding carboxylic acids is 1. The van der Waals surface area contributed by atoms with Crippen LogP contribution < -0.4 is 5.32 Å². The van der Waals surface area contributed by atoms with Crippen LogP contribution in [0.4, 0.5) is 14.5 Å². The molecule has 0 saturated heterocycles. The number of rotatable bonds is 3. The highest BCUT2D eigenvalue weighted by Crippen LogP contribution is 2.22. The van der Waals surface area contributed by atoms with Gasteiger partial charge in [-0.2, -0.15) is 0 Å². The maximum absolute atomic E-state index is 13.1. The van der Waals surface area contributed by atoms with Crippen molar-refractivity contribution in [3.8, 4) is 0 Å². The maximum Gasteiger partial charge on any atom is 0.248 e. The molecule has 0 saturated carbocycles. The molecule has 0 aromatic heterocycles. The second kappa shape index (κ2) is 6.73. The van der Waals surface area contributed by atoms with E-state index in [2.05, 4.69) is 26.1 Å². The first-order chi connectivity index (χ1) is 10.8. The largest absolute Gasteiger partial charge is 0.322 e. The molecule has 2 aromatic rings. The Morgan fingerprint density at radius 3 is 2.22 bits per heavy atom. The van der Waals surface area contributed by atoms with Crippen molar-refractivity contribution >= 4 is 17.7 Å². The lowest BCUT2D eigenvalue weighted by Gasteiger charge is -2.18. The van der Waals surface area contributed by atoms with Crippen LogP contribution in [-0.4, -0.2) is 5.91 Å². The monoisotopic (exact) mass is 315 g/mol. The molecule has 0 bridgehead atoms. The zero-order chi connectivity index (χ0) is 17.0. The Morgan fingerprint density at radius 2 is 1.65 bits per heavy atom. The fraction of sp³-hybridized carbons (Fsp3) is 0.211. The number of hydrogen-bond acceptors (Lipinski definition) is 1. The molecule has 2 nitrogen and oxygen atoms in total. The second-order valence-corrected chi connectivity index (χ2v) is 6.32. The van der Waals surface area contributed by atoms with Crippen molar-refractivity contribution < 1.29 is 13.6 Å². The highest BCUT2D eigenvalue weighted by Gasteiger charge is 2.12. The van der Waals surface area contributed by atoms with Crippen LogP contribution in [0.15, 0.2) is 48.5 Å². The summed E-state index contributed by atoms with van der Waals surface area (Å²) < 4.78 is 25.9. The lowest BCUT2D eigenvalue weighted by Crippen LogP contribution is -2.10. The Kier molecular flexibility index (Phi) is 4.94. The zero-order valence-corrected chi connectivity index (χ0v) is 13.4. The SMILES string of the molecule is CC(C)(C)c1ccc(C=CC(=O)Nc2ccc(F)c(F)c2)cc1. The molecule has 0 atom stereocenters. The van der Waals surface area contributed by atoms with Crippen molar-refractivity contribution in [3.63, 3.8) is 0 Å². The summed E-state index contributed by atoms with van der Waals surface area (Å²) >= 11 is 0. The van der Waals surface area contributed by atoms with Gasteiger partial charge in [0.25, 0.3) is 0 Å². The molecule has 0 unspecified atom stereocenters. The van der Waals surface area contributed by atoms with Crippen molar-refractivity contribution in [2.24, 2.45) is 0 Å². The average molecular weight is 315 g/mol. The Morgan fingerprint density at radius 1 is 1.00 bits per heavy atom. The number of anilines is 1. The number of hydrogen-bond donors (Lipinski definition) is 1. The highest BCUT2D eigenvalue weighted by molar-refractivity contribution is 6.01. The normalized spacial score (nSPS) is 11.7. The van der Waals surface area contributed by atoms with Crippen molar-refractivity contribution in [1.82, 2.24) is 0 Å². The molecule has 4 heteroatoms. The fourth-order valence-electron chi connectivity index (χ4n) is 2.02. The van der Waals surface area contributed by atoms with E-state index in [1.807, 2.05) is 24.3 Å². The molecular formula is C19H19F2NO. The van der Waals surface area contributed by atoms with E-state index in [0.29, 0.717) is 0 Å². The number of nitrogens with one attached hydrogen (secondary N) is 1. The zero-order valence-electron chi connectivity index (χ0n) is 13.4. The molecule has 0 radical (unpaired) electrons. The van der Waals surface area contributed by atoms with Gasteiger partial charge in [0.15, 0.2) is 11.6 Å². The first kappa shape index (κ1) is 16.9. The van der Waals surface area contributed by atoms with E-state index < -0.39 is 17.5 Å². The minimum absolute atomic E-state index is 0.0757. The van der Waals surface area contributed by atoms with Crippen LogP contribution >= 0.6 is 0 Å². The quantitative estimate of drug-likeness (QED) is 0.801. The van der Waals surface area contributed by atoms with Gasteiger partial charge in [0.05, 0.1) is 0 Å². The predicted octanol–water partition coefficient (Wildman–Crippen LogP) is 4.91. The molecule has 0 aliphatic rings. The molecule has 0 heterocycles. The Hall–Kier alpha value is -2.49. The Balaban J connectivity index is 2.02. The van der Waals surface area contributed by atoms with Gasteiger partial charge < -0.3 is 5.32 Å². The van der Waals surface area contributed by atoms with Crippen LogP contribution in [0.1, 0.15) is 31.9 Å². The Bertz CT molecular complexity index is 728. The van der Waals surface area contributed by atoms with Crippen LogP contribution in [-0.2, 0) is 10.2 Å². The van der Waals surface area contributed by atoms with Crippen molar-refractivity contribution in [1.29, 1.82) is 0 Å². The topological polar surface area (TPSA) is 29.1 Å². The summed E-state index contributed by atoms with van der Waals surface area (Å²) in [5, 5.41) is 2.48. The smallest absolute Gasteiger partial charge is 0.248 e. The summed E-state index contributed by atoms with van der Waals surface area (Å²) in [6.45, 7) is 6.40. The van der Waals surface area contributed by atoms with E-state index in [-0.39, 0.29) is 11.1 Å².